The summed E-state index contributed by atoms with van der Waals surface area (Å²) in [5.74, 6) is -0.917. The van der Waals surface area contributed by atoms with E-state index in [0.717, 1.165) is 18.2 Å². The number of anilines is 2. The lowest BCUT2D eigenvalue weighted by atomic mass is 10.3. The average molecular weight is 311 g/mol. The van der Waals surface area contributed by atoms with E-state index < -0.39 is 32.1 Å². The molecule has 2 aromatic carbocycles. The number of non-ortho nitro benzene ring substituents is 1. The normalized spacial score (nSPS) is 11.1. The van der Waals surface area contributed by atoms with Crippen molar-refractivity contribution in [2.75, 3.05) is 10.5 Å². The van der Waals surface area contributed by atoms with E-state index in [4.69, 9.17) is 5.73 Å². The molecule has 0 spiro atoms. The monoisotopic (exact) mass is 311 g/mol. The number of hydrogen-bond donors (Lipinski definition) is 2. The van der Waals surface area contributed by atoms with Crippen LogP contribution in [-0.4, -0.2) is 13.3 Å². The predicted octanol–water partition coefficient (Wildman–Crippen LogP) is 2.12. The van der Waals surface area contributed by atoms with Gasteiger partial charge in [0.25, 0.3) is 15.7 Å². The molecule has 0 bridgehead atoms. The maximum atomic E-state index is 13.6. The Bertz CT molecular complexity index is 791. The van der Waals surface area contributed by atoms with Gasteiger partial charge in [-0.25, -0.2) is 12.8 Å². The van der Waals surface area contributed by atoms with Crippen molar-refractivity contribution in [3.63, 3.8) is 0 Å². The lowest BCUT2D eigenvalue weighted by molar-refractivity contribution is -0.384. The number of nitrogens with two attached hydrogens (primary N) is 1. The standard InChI is InChI=1S/C12H10FN3O4S/c13-11-6-3-9(16(17)18)7-12(11)15-21(19,20)10-4-1-8(14)2-5-10/h1-7,15H,14H2. The van der Waals surface area contributed by atoms with E-state index in [1.165, 1.54) is 24.3 Å². The van der Waals surface area contributed by atoms with Gasteiger partial charge in [0.05, 0.1) is 15.5 Å². The molecule has 0 amide bonds. The summed E-state index contributed by atoms with van der Waals surface area (Å²) < 4.78 is 39.7. The van der Waals surface area contributed by atoms with Crippen LogP contribution < -0.4 is 10.5 Å². The van der Waals surface area contributed by atoms with Crippen LogP contribution in [0.2, 0.25) is 0 Å². The molecular weight excluding hydrogens is 301 g/mol. The van der Waals surface area contributed by atoms with Gasteiger partial charge in [-0.15, -0.1) is 0 Å². The third kappa shape index (κ3) is 3.26. The summed E-state index contributed by atoms with van der Waals surface area (Å²) >= 11 is 0. The second kappa shape index (κ2) is 5.37. The Morgan fingerprint density at radius 1 is 1.14 bits per heavy atom. The highest BCUT2D eigenvalue weighted by Crippen LogP contribution is 2.24. The van der Waals surface area contributed by atoms with E-state index in [0.29, 0.717) is 5.69 Å². The second-order valence-electron chi connectivity index (χ2n) is 4.10. The number of benzene rings is 2. The molecule has 0 aliphatic carbocycles. The van der Waals surface area contributed by atoms with Crippen molar-refractivity contribution in [1.82, 2.24) is 0 Å². The number of hydrogen-bond acceptors (Lipinski definition) is 5. The predicted molar refractivity (Wildman–Crippen MR) is 74.7 cm³/mol. The Labute approximate surface area is 119 Å². The molecule has 7 nitrogen and oxygen atoms in total. The number of nitro benzene ring substituents is 1. The van der Waals surface area contributed by atoms with Crippen molar-refractivity contribution in [2.24, 2.45) is 0 Å². The quantitative estimate of drug-likeness (QED) is 0.510. The van der Waals surface area contributed by atoms with Gasteiger partial charge in [-0.2, -0.15) is 0 Å². The lowest BCUT2D eigenvalue weighted by Crippen LogP contribution is -2.14. The summed E-state index contributed by atoms with van der Waals surface area (Å²) in [6.07, 6.45) is 0. The van der Waals surface area contributed by atoms with E-state index in [1.807, 2.05) is 4.72 Å². The minimum Gasteiger partial charge on any atom is -0.399 e. The first-order valence-corrected chi connectivity index (χ1v) is 7.10. The summed E-state index contributed by atoms with van der Waals surface area (Å²) in [4.78, 5) is 9.74. The lowest BCUT2D eigenvalue weighted by Gasteiger charge is -2.09. The fourth-order valence-electron chi connectivity index (χ4n) is 1.56. The van der Waals surface area contributed by atoms with Crippen LogP contribution in [0.5, 0.6) is 0 Å². The number of nitrogens with zero attached hydrogens (tertiary/aromatic N) is 1. The molecule has 9 heteroatoms. The molecule has 0 radical (unpaired) electrons. The van der Waals surface area contributed by atoms with E-state index in [2.05, 4.69) is 0 Å². The largest absolute Gasteiger partial charge is 0.399 e. The minimum atomic E-state index is -4.06. The van der Waals surface area contributed by atoms with Gasteiger partial charge in [0.2, 0.25) is 0 Å². The first kappa shape index (κ1) is 14.7. The molecule has 0 fully saturated rings. The topological polar surface area (TPSA) is 115 Å². The van der Waals surface area contributed by atoms with Gasteiger partial charge < -0.3 is 5.73 Å². The summed E-state index contributed by atoms with van der Waals surface area (Å²) in [6.45, 7) is 0. The summed E-state index contributed by atoms with van der Waals surface area (Å²) in [6, 6.07) is 7.80. The fourth-order valence-corrected chi connectivity index (χ4v) is 2.61. The van der Waals surface area contributed by atoms with Crippen molar-refractivity contribution < 1.29 is 17.7 Å². The molecule has 0 saturated carbocycles. The van der Waals surface area contributed by atoms with Crippen LogP contribution in [0.3, 0.4) is 0 Å². The number of halogens is 1. The average Bonchev–Trinajstić information content (AvgIpc) is 2.41. The van der Waals surface area contributed by atoms with E-state index in [-0.39, 0.29) is 4.90 Å². The minimum absolute atomic E-state index is 0.136. The molecule has 2 aromatic rings. The van der Waals surface area contributed by atoms with Gasteiger partial charge in [0, 0.05) is 17.8 Å². The maximum absolute atomic E-state index is 13.6. The molecule has 0 saturated heterocycles. The van der Waals surface area contributed by atoms with Crippen LogP contribution in [0.4, 0.5) is 21.5 Å². The first-order valence-electron chi connectivity index (χ1n) is 5.62. The Balaban J connectivity index is 2.38. The number of rotatable bonds is 4. The molecule has 0 unspecified atom stereocenters. The molecule has 3 N–H and O–H groups in total. The number of nitrogens with one attached hydrogen (secondary N) is 1. The van der Waals surface area contributed by atoms with Crippen molar-refractivity contribution in [1.29, 1.82) is 0 Å². The molecule has 110 valence electrons. The molecule has 0 atom stereocenters. The molecule has 0 aliphatic heterocycles. The zero-order chi connectivity index (χ0) is 15.6. The smallest absolute Gasteiger partial charge is 0.271 e. The highest BCUT2D eigenvalue weighted by Gasteiger charge is 2.18. The summed E-state index contributed by atoms with van der Waals surface area (Å²) in [7, 11) is -4.06. The molecule has 2 rings (SSSR count). The number of sulfonamides is 1. The van der Waals surface area contributed by atoms with Gasteiger partial charge in [0.15, 0.2) is 0 Å². The van der Waals surface area contributed by atoms with Gasteiger partial charge in [-0.1, -0.05) is 0 Å². The van der Waals surface area contributed by atoms with Crippen molar-refractivity contribution in [3.05, 3.63) is 58.4 Å². The Morgan fingerprint density at radius 3 is 2.33 bits per heavy atom. The Morgan fingerprint density at radius 2 is 1.76 bits per heavy atom. The first-order chi connectivity index (χ1) is 9.79. The zero-order valence-electron chi connectivity index (χ0n) is 10.5. The Hall–Kier alpha value is -2.68. The van der Waals surface area contributed by atoms with Crippen molar-refractivity contribution in [3.8, 4) is 0 Å². The van der Waals surface area contributed by atoms with Crippen LogP contribution in [0.1, 0.15) is 0 Å². The van der Waals surface area contributed by atoms with Gasteiger partial charge in [0.1, 0.15) is 5.82 Å². The summed E-state index contributed by atoms with van der Waals surface area (Å²) in [5, 5.41) is 10.6. The number of nitrogen functional groups attached to an aromatic ring is 1. The van der Waals surface area contributed by atoms with Crippen LogP contribution in [0, 0.1) is 15.9 Å². The Kier molecular flexibility index (Phi) is 3.76. The van der Waals surface area contributed by atoms with Crippen LogP contribution in [-0.2, 0) is 10.0 Å². The van der Waals surface area contributed by atoms with E-state index in [1.54, 1.807) is 0 Å². The fraction of sp³-hybridized carbons (Fsp3) is 0. The highest BCUT2D eigenvalue weighted by molar-refractivity contribution is 7.92. The zero-order valence-corrected chi connectivity index (χ0v) is 11.3. The summed E-state index contributed by atoms with van der Waals surface area (Å²) in [5.41, 5.74) is 4.90. The molecule has 21 heavy (non-hydrogen) atoms. The van der Waals surface area contributed by atoms with Crippen molar-refractivity contribution >= 4 is 27.1 Å². The van der Waals surface area contributed by atoms with E-state index in [9.17, 15) is 22.9 Å². The van der Waals surface area contributed by atoms with Crippen LogP contribution >= 0.6 is 0 Å². The molecule has 0 heterocycles. The molecular formula is C12H10FN3O4S. The molecule has 0 aromatic heterocycles. The van der Waals surface area contributed by atoms with Crippen molar-refractivity contribution in [2.45, 2.75) is 4.90 Å². The van der Waals surface area contributed by atoms with Gasteiger partial charge >= 0.3 is 0 Å². The third-order valence-corrected chi connectivity index (χ3v) is 3.98. The second-order valence-corrected chi connectivity index (χ2v) is 5.78. The molecule has 0 aliphatic rings. The van der Waals surface area contributed by atoms with Crippen LogP contribution in [0.15, 0.2) is 47.4 Å². The third-order valence-electron chi connectivity index (χ3n) is 2.60. The van der Waals surface area contributed by atoms with E-state index >= 15 is 0 Å². The maximum Gasteiger partial charge on any atom is 0.271 e. The number of nitro groups is 1. The SMILES string of the molecule is Nc1ccc(S(=O)(=O)Nc2cc([N+](=O)[O-])ccc2F)cc1. The van der Waals surface area contributed by atoms with Gasteiger partial charge in [-0.05, 0) is 30.3 Å². The van der Waals surface area contributed by atoms with Gasteiger partial charge in [-0.3, -0.25) is 14.8 Å². The van der Waals surface area contributed by atoms with Crippen LogP contribution in [0.25, 0.3) is 0 Å². The highest BCUT2D eigenvalue weighted by atomic mass is 32.2.